The number of nitro benzene ring substituents is 1. The molecule has 0 fully saturated rings. The molecule has 1 heterocycles. The van der Waals surface area contributed by atoms with E-state index in [9.17, 15) is 14.9 Å². The van der Waals surface area contributed by atoms with Crippen molar-refractivity contribution in [2.45, 2.75) is 30.3 Å². The first-order valence-corrected chi connectivity index (χ1v) is 15.2. The fourth-order valence-corrected chi connectivity index (χ4v) is 6.13. The van der Waals surface area contributed by atoms with Crippen LogP contribution in [0.15, 0.2) is 126 Å². The molecule has 1 aromatic heterocycles. The molecule has 0 saturated carbocycles. The molecule has 5 aromatic carbocycles. The topological polar surface area (TPSA) is 103 Å². The Labute approximate surface area is 258 Å². The highest BCUT2D eigenvalue weighted by molar-refractivity contribution is 7.98. The molecule has 0 bridgehead atoms. The van der Waals surface area contributed by atoms with E-state index in [1.54, 1.807) is 12.1 Å². The number of carbonyl (C=O) groups excluding carboxylic acids is 1. The summed E-state index contributed by atoms with van der Waals surface area (Å²) in [5.74, 6) is 0.955. The Balaban J connectivity index is 1.42. The van der Waals surface area contributed by atoms with Gasteiger partial charge >= 0.3 is 0 Å². The van der Waals surface area contributed by atoms with Crippen LogP contribution in [0.4, 0.5) is 5.69 Å². The van der Waals surface area contributed by atoms with Gasteiger partial charge in [-0.15, -0.1) is 10.2 Å². The fraction of sp³-hybridized carbons (Fsp3) is 0.114. The molecule has 0 radical (unpaired) electrons. The van der Waals surface area contributed by atoms with Crippen LogP contribution in [0.5, 0.6) is 0 Å². The molecular weight excluding hydrogens is 570 g/mol. The van der Waals surface area contributed by atoms with Gasteiger partial charge < -0.3 is 5.32 Å². The van der Waals surface area contributed by atoms with Gasteiger partial charge in [0.2, 0.25) is 0 Å². The van der Waals surface area contributed by atoms with Crippen molar-refractivity contribution in [1.29, 1.82) is 0 Å². The number of nitrogens with zero attached hydrogens (tertiary/aromatic N) is 4. The summed E-state index contributed by atoms with van der Waals surface area (Å²) in [5.41, 5.74) is 4.54. The Kier molecular flexibility index (Phi) is 8.47. The molecule has 44 heavy (non-hydrogen) atoms. The molecule has 6 aromatic rings. The molecule has 6 rings (SSSR count). The van der Waals surface area contributed by atoms with Crippen LogP contribution in [-0.4, -0.2) is 25.6 Å². The Morgan fingerprint density at radius 1 is 0.864 bits per heavy atom. The van der Waals surface area contributed by atoms with Crippen molar-refractivity contribution >= 4 is 34.1 Å². The maximum absolute atomic E-state index is 13.9. The maximum atomic E-state index is 13.9. The van der Waals surface area contributed by atoms with Crippen molar-refractivity contribution in [3.8, 4) is 5.69 Å². The minimum absolute atomic E-state index is 0.0116. The third kappa shape index (κ3) is 6.38. The Bertz CT molecular complexity index is 1930. The monoisotopic (exact) mass is 599 g/mol. The van der Waals surface area contributed by atoms with Gasteiger partial charge in [0, 0.05) is 29.1 Å². The zero-order valence-electron chi connectivity index (χ0n) is 24.0. The van der Waals surface area contributed by atoms with Crippen LogP contribution in [0.3, 0.4) is 0 Å². The average Bonchev–Trinajstić information content (AvgIpc) is 3.47. The van der Waals surface area contributed by atoms with Crippen LogP contribution in [0.25, 0.3) is 16.5 Å². The second kappa shape index (κ2) is 12.9. The summed E-state index contributed by atoms with van der Waals surface area (Å²) >= 11 is 1.52. The number of hydrogen-bond acceptors (Lipinski definition) is 6. The number of non-ortho nitro benzene ring substituents is 1. The maximum Gasteiger partial charge on any atom is 0.269 e. The second-order valence-electron chi connectivity index (χ2n) is 10.5. The molecule has 9 heteroatoms. The SMILES string of the molecule is Cc1cccc(CSc2nnc(C(Cc3ccccc3)NC(=O)c3cccc4ccccc34)n2-c2ccc([N+](=O)[O-])cc2)c1. The molecule has 1 unspecified atom stereocenters. The van der Waals surface area contributed by atoms with Crippen molar-refractivity contribution in [2.75, 3.05) is 0 Å². The highest BCUT2D eigenvalue weighted by Crippen LogP contribution is 2.30. The minimum Gasteiger partial charge on any atom is -0.342 e. The third-order valence-electron chi connectivity index (χ3n) is 7.36. The number of amides is 1. The second-order valence-corrected chi connectivity index (χ2v) is 11.4. The van der Waals surface area contributed by atoms with Crippen LogP contribution in [0.1, 0.15) is 38.9 Å². The number of nitro groups is 1. The predicted molar refractivity (Wildman–Crippen MR) is 173 cm³/mol. The lowest BCUT2D eigenvalue weighted by atomic mass is 10.0. The quantitative estimate of drug-likeness (QED) is 0.0986. The third-order valence-corrected chi connectivity index (χ3v) is 8.36. The van der Waals surface area contributed by atoms with E-state index in [0.29, 0.717) is 34.4 Å². The smallest absolute Gasteiger partial charge is 0.269 e. The van der Waals surface area contributed by atoms with Gasteiger partial charge in [-0.3, -0.25) is 19.5 Å². The van der Waals surface area contributed by atoms with Gasteiger partial charge in [0.05, 0.1) is 11.0 Å². The van der Waals surface area contributed by atoms with Crippen molar-refractivity contribution in [3.05, 3.63) is 160 Å². The lowest BCUT2D eigenvalue weighted by Gasteiger charge is -2.21. The Morgan fingerprint density at radius 3 is 2.34 bits per heavy atom. The van der Waals surface area contributed by atoms with E-state index in [-0.39, 0.29) is 11.6 Å². The van der Waals surface area contributed by atoms with Gasteiger partial charge in [0.25, 0.3) is 11.6 Å². The molecule has 1 N–H and O–H groups in total. The van der Waals surface area contributed by atoms with Crippen molar-refractivity contribution in [3.63, 3.8) is 0 Å². The molecule has 0 spiro atoms. The van der Waals surface area contributed by atoms with Gasteiger partial charge in [0.1, 0.15) is 0 Å². The highest BCUT2D eigenvalue weighted by Gasteiger charge is 2.26. The number of rotatable bonds is 10. The Morgan fingerprint density at radius 2 is 1.57 bits per heavy atom. The fourth-order valence-electron chi connectivity index (χ4n) is 5.23. The number of nitrogens with one attached hydrogen (secondary N) is 1. The van der Waals surface area contributed by atoms with Gasteiger partial charge in [0.15, 0.2) is 11.0 Å². The molecule has 0 aliphatic heterocycles. The van der Waals surface area contributed by atoms with Crippen molar-refractivity contribution in [1.82, 2.24) is 20.1 Å². The van der Waals surface area contributed by atoms with Crippen LogP contribution in [-0.2, 0) is 12.2 Å². The minimum atomic E-state index is -0.556. The summed E-state index contributed by atoms with van der Waals surface area (Å²) in [4.78, 5) is 24.9. The van der Waals surface area contributed by atoms with Crippen molar-refractivity contribution < 1.29 is 9.72 Å². The van der Waals surface area contributed by atoms with Gasteiger partial charge in [-0.1, -0.05) is 108 Å². The molecule has 0 aliphatic rings. The average molecular weight is 600 g/mol. The number of hydrogen-bond donors (Lipinski definition) is 1. The summed E-state index contributed by atoms with van der Waals surface area (Å²) in [6.07, 6.45) is 0.463. The zero-order valence-corrected chi connectivity index (χ0v) is 24.8. The molecular formula is C35H29N5O3S. The Hall–Kier alpha value is -5.28. The van der Waals surface area contributed by atoms with Crippen LogP contribution >= 0.6 is 11.8 Å². The number of aromatic nitrogens is 3. The van der Waals surface area contributed by atoms with E-state index < -0.39 is 11.0 Å². The zero-order chi connectivity index (χ0) is 30.5. The lowest BCUT2D eigenvalue weighted by Crippen LogP contribution is -2.32. The summed E-state index contributed by atoms with van der Waals surface area (Å²) in [6.45, 7) is 2.05. The van der Waals surface area contributed by atoms with Gasteiger partial charge in [-0.25, -0.2) is 0 Å². The van der Waals surface area contributed by atoms with Crippen LogP contribution < -0.4 is 5.32 Å². The van der Waals surface area contributed by atoms with Gasteiger partial charge in [-0.05, 0) is 53.4 Å². The normalized spacial score (nSPS) is 11.8. The summed E-state index contributed by atoms with van der Waals surface area (Å²) in [6, 6.07) is 37.4. The van der Waals surface area contributed by atoms with E-state index in [1.165, 1.54) is 29.5 Å². The number of aryl methyl sites for hydroxylation is 1. The number of fused-ring (bicyclic) bond motifs is 1. The van der Waals surface area contributed by atoms with Crippen molar-refractivity contribution in [2.24, 2.45) is 0 Å². The molecule has 218 valence electrons. The van der Waals surface area contributed by atoms with E-state index in [1.807, 2.05) is 83.4 Å². The molecule has 1 atom stereocenters. The van der Waals surface area contributed by atoms with E-state index in [4.69, 9.17) is 0 Å². The first kappa shape index (κ1) is 28.8. The van der Waals surface area contributed by atoms with E-state index in [2.05, 4.69) is 40.6 Å². The summed E-state index contributed by atoms with van der Waals surface area (Å²) < 4.78 is 1.89. The van der Waals surface area contributed by atoms with E-state index >= 15 is 0 Å². The number of carbonyl (C=O) groups is 1. The first-order chi connectivity index (χ1) is 21.5. The summed E-state index contributed by atoms with van der Waals surface area (Å²) in [5, 5.41) is 26.3. The molecule has 0 saturated heterocycles. The highest BCUT2D eigenvalue weighted by atomic mass is 32.2. The van der Waals surface area contributed by atoms with Gasteiger partial charge in [-0.2, -0.15) is 0 Å². The standard InChI is InChI=1S/C35H29N5O3S/c1-24-9-7-12-26(21-24)23-44-35-38-37-33(39(35)28-17-19-29(20-18-28)40(42)43)32(22-25-10-3-2-4-11-25)36-34(41)31-16-8-14-27-13-5-6-15-30(27)31/h2-21,32H,22-23H2,1H3,(H,36,41). The molecule has 1 amide bonds. The van der Waals surface area contributed by atoms with Crippen LogP contribution in [0, 0.1) is 17.0 Å². The lowest BCUT2D eigenvalue weighted by molar-refractivity contribution is -0.384. The summed E-state index contributed by atoms with van der Waals surface area (Å²) in [7, 11) is 0. The predicted octanol–water partition coefficient (Wildman–Crippen LogP) is 7.64. The number of benzene rings is 5. The molecule has 8 nitrogen and oxygen atoms in total. The largest absolute Gasteiger partial charge is 0.342 e. The number of thioether (sulfide) groups is 1. The molecule has 0 aliphatic carbocycles. The first-order valence-electron chi connectivity index (χ1n) is 14.2. The van der Waals surface area contributed by atoms with Crippen LogP contribution in [0.2, 0.25) is 0 Å². The van der Waals surface area contributed by atoms with E-state index in [0.717, 1.165) is 21.9 Å².